The minimum atomic E-state index is -0.656. The SMILES string of the molecule is OC(c1cccc(Cl)c1)C1Cc2ccccc2O1. The number of fused-ring (bicyclic) bond motifs is 1. The van der Waals surface area contributed by atoms with Crippen molar-refractivity contribution >= 4 is 11.6 Å². The molecule has 2 unspecified atom stereocenters. The lowest BCUT2D eigenvalue weighted by atomic mass is 10.0. The van der Waals surface area contributed by atoms with Gasteiger partial charge in [-0.3, -0.25) is 0 Å². The number of ether oxygens (including phenoxy) is 1. The fourth-order valence-electron chi connectivity index (χ4n) is 2.29. The monoisotopic (exact) mass is 260 g/mol. The van der Waals surface area contributed by atoms with Crippen LogP contribution in [0.15, 0.2) is 48.5 Å². The van der Waals surface area contributed by atoms with Gasteiger partial charge in [-0.05, 0) is 29.3 Å². The van der Waals surface area contributed by atoms with Crippen LogP contribution in [-0.4, -0.2) is 11.2 Å². The van der Waals surface area contributed by atoms with E-state index < -0.39 is 6.10 Å². The molecule has 3 rings (SSSR count). The van der Waals surface area contributed by atoms with Crippen LogP contribution in [0.3, 0.4) is 0 Å². The zero-order chi connectivity index (χ0) is 12.5. The van der Waals surface area contributed by atoms with Gasteiger partial charge in [-0.15, -0.1) is 0 Å². The largest absolute Gasteiger partial charge is 0.487 e. The van der Waals surface area contributed by atoms with Gasteiger partial charge in [-0.1, -0.05) is 41.9 Å². The number of rotatable bonds is 2. The van der Waals surface area contributed by atoms with Gasteiger partial charge in [0.2, 0.25) is 0 Å². The fourth-order valence-corrected chi connectivity index (χ4v) is 2.49. The molecule has 0 radical (unpaired) electrons. The van der Waals surface area contributed by atoms with E-state index >= 15 is 0 Å². The predicted molar refractivity (Wildman–Crippen MR) is 71.0 cm³/mol. The molecule has 0 aliphatic carbocycles. The van der Waals surface area contributed by atoms with Crippen LogP contribution in [0, 0.1) is 0 Å². The molecule has 0 amide bonds. The Kier molecular flexibility index (Phi) is 2.98. The van der Waals surface area contributed by atoms with Crippen molar-refractivity contribution < 1.29 is 9.84 Å². The molecule has 0 bridgehead atoms. The third kappa shape index (κ3) is 2.09. The van der Waals surface area contributed by atoms with Crippen molar-refractivity contribution in [3.63, 3.8) is 0 Å². The van der Waals surface area contributed by atoms with E-state index in [1.807, 2.05) is 36.4 Å². The second kappa shape index (κ2) is 4.63. The maximum atomic E-state index is 10.3. The standard InChI is InChI=1S/C15H13ClO2/c16-12-6-3-5-11(8-12)15(17)14-9-10-4-1-2-7-13(10)18-14/h1-8,14-15,17H,9H2. The van der Waals surface area contributed by atoms with Gasteiger partial charge in [0.1, 0.15) is 18.0 Å². The van der Waals surface area contributed by atoms with E-state index in [-0.39, 0.29) is 6.10 Å². The van der Waals surface area contributed by atoms with Crippen molar-refractivity contribution in [3.05, 3.63) is 64.7 Å². The third-order valence-corrected chi connectivity index (χ3v) is 3.45. The molecule has 0 fully saturated rings. The maximum absolute atomic E-state index is 10.3. The molecular weight excluding hydrogens is 248 g/mol. The molecule has 2 atom stereocenters. The first-order chi connectivity index (χ1) is 8.74. The van der Waals surface area contributed by atoms with Gasteiger partial charge >= 0.3 is 0 Å². The Hall–Kier alpha value is -1.51. The van der Waals surface area contributed by atoms with Crippen LogP contribution in [0.1, 0.15) is 17.2 Å². The van der Waals surface area contributed by atoms with E-state index in [1.165, 1.54) is 0 Å². The summed E-state index contributed by atoms with van der Waals surface area (Å²) in [6, 6.07) is 15.1. The molecule has 0 spiro atoms. The fraction of sp³-hybridized carbons (Fsp3) is 0.200. The highest BCUT2D eigenvalue weighted by molar-refractivity contribution is 6.30. The minimum absolute atomic E-state index is 0.235. The summed E-state index contributed by atoms with van der Waals surface area (Å²) < 4.78 is 5.77. The molecular formula is C15H13ClO2. The quantitative estimate of drug-likeness (QED) is 0.897. The summed E-state index contributed by atoms with van der Waals surface area (Å²) in [5, 5.41) is 11.0. The highest BCUT2D eigenvalue weighted by Crippen LogP contribution is 2.34. The summed E-state index contributed by atoms with van der Waals surface area (Å²) in [6.07, 6.45) is -0.166. The van der Waals surface area contributed by atoms with Gasteiger partial charge in [0, 0.05) is 11.4 Å². The molecule has 18 heavy (non-hydrogen) atoms. The Balaban J connectivity index is 1.82. The smallest absolute Gasteiger partial charge is 0.133 e. The van der Waals surface area contributed by atoms with E-state index in [0.717, 1.165) is 23.3 Å². The minimum Gasteiger partial charge on any atom is -0.487 e. The van der Waals surface area contributed by atoms with Crippen molar-refractivity contribution in [1.82, 2.24) is 0 Å². The molecule has 1 N–H and O–H groups in total. The van der Waals surface area contributed by atoms with Gasteiger partial charge in [0.15, 0.2) is 0 Å². The average Bonchev–Trinajstić information content (AvgIpc) is 2.81. The lowest BCUT2D eigenvalue weighted by molar-refractivity contribution is 0.0492. The predicted octanol–water partition coefficient (Wildman–Crippen LogP) is 3.38. The Morgan fingerprint density at radius 3 is 2.78 bits per heavy atom. The van der Waals surface area contributed by atoms with E-state index in [9.17, 15) is 5.11 Å². The number of para-hydroxylation sites is 1. The van der Waals surface area contributed by atoms with Crippen molar-refractivity contribution in [3.8, 4) is 5.75 Å². The second-order valence-corrected chi connectivity index (χ2v) is 4.90. The lowest BCUT2D eigenvalue weighted by Gasteiger charge is -2.18. The van der Waals surface area contributed by atoms with Crippen LogP contribution in [0.4, 0.5) is 0 Å². The Morgan fingerprint density at radius 2 is 2.00 bits per heavy atom. The zero-order valence-corrected chi connectivity index (χ0v) is 10.5. The van der Waals surface area contributed by atoms with Crippen LogP contribution in [-0.2, 0) is 6.42 Å². The van der Waals surface area contributed by atoms with Crippen molar-refractivity contribution in [2.45, 2.75) is 18.6 Å². The van der Waals surface area contributed by atoms with Crippen molar-refractivity contribution in [1.29, 1.82) is 0 Å². The molecule has 3 heteroatoms. The van der Waals surface area contributed by atoms with Crippen LogP contribution in [0.5, 0.6) is 5.75 Å². The van der Waals surface area contributed by atoms with E-state index in [2.05, 4.69) is 0 Å². The first-order valence-corrected chi connectivity index (χ1v) is 6.30. The molecule has 1 aliphatic rings. The van der Waals surface area contributed by atoms with Gasteiger partial charge < -0.3 is 9.84 Å². The molecule has 2 aromatic carbocycles. The molecule has 0 saturated carbocycles. The summed E-state index contributed by atoms with van der Waals surface area (Å²) >= 11 is 5.93. The van der Waals surface area contributed by atoms with Crippen LogP contribution < -0.4 is 4.74 Å². The number of benzene rings is 2. The highest BCUT2D eigenvalue weighted by atomic mass is 35.5. The van der Waals surface area contributed by atoms with Crippen LogP contribution in [0.2, 0.25) is 5.02 Å². The second-order valence-electron chi connectivity index (χ2n) is 4.47. The highest BCUT2D eigenvalue weighted by Gasteiger charge is 2.29. The van der Waals surface area contributed by atoms with Gasteiger partial charge in [0.25, 0.3) is 0 Å². The zero-order valence-electron chi connectivity index (χ0n) is 9.71. The normalized spacial score (nSPS) is 19.1. The molecule has 92 valence electrons. The molecule has 1 aliphatic heterocycles. The summed E-state index contributed by atoms with van der Waals surface area (Å²) in [5.74, 6) is 0.864. The molecule has 0 saturated heterocycles. The summed E-state index contributed by atoms with van der Waals surface area (Å²) in [7, 11) is 0. The Labute approximate surface area is 111 Å². The van der Waals surface area contributed by atoms with Crippen molar-refractivity contribution in [2.75, 3.05) is 0 Å². The van der Waals surface area contributed by atoms with Gasteiger partial charge in [-0.2, -0.15) is 0 Å². The van der Waals surface area contributed by atoms with Crippen molar-refractivity contribution in [2.24, 2.45) is 0 Å². The third-order valence-electron chi connectivity index (χ3n) is 3.21. The maximum Gasteiger partial charge on any atom is 0.133 e. The van der Waals surface area contributed by atoms with E-state index in [0.29, 0.717) is 5.02 Å². The number of hydrogen-bond acceptors (Lipinski definition) is 2. The number of aliphatic hydroxyl groups is 1. The average molecular weight is 261 g/mol. The first kappa shape index (κ1) is 11.6. The molecule has 0 aromatic heterocycles. The first-order valence-electron chi connectivity index (χ1n) is 5.92. The Morgan fingerprint density at radius 1 is 1.17 bits per heavy atom. The number of halogens is 1. The van der Waals surface area contributed by atoms with Crippen LogP contribution >= 0.6 is 11.6 Å². The lowest BCUT2D eigenvalue weighted by Crippen LogP contribution is -2.23. The van der Waals surface area contributed by atoms with Gasteiger partial charge in [0.05, 0.1) is 0 Å². The number of aliphatic hydroxyl groups excluding tert-OH is 1. The van der Waals surface area contributed by atoms with E-state index in [1.54, 1.807) is 12.1 Å². The molecule has 2 aromatic rings. The molecule has 2 nitrogen and oxygen atoms in total. The Bertz CT molecular complexity index is 543. The molecule has 1 heterocycles. The summed E-state index contributed by atoms with van der Waals surface area (Å²) in [6.45, 7) is 0. The van der Waals surface area contributed by atoms with Crippen LogP contribution in [0.25, 0.3) is 0 Å². The summed E-state index contributed by atoms with van der Waals surface area (Å²) in [5.41, 5.74) is 1.93. The van der Waals surface area contributed by atoms with Gasteiger partial charge in [-0.25, -0.2) is 0 Å². The summed E-state index contributed by atoms with van der Waals surface area (Å²) in [4.78, 5) is 0. The van der Waals surface area contributed by atoms with E-state index in [4.69, 9.17) is 16.3 Å². The number of hydrogen-bond donors (Lipinski definition) is 1. The topological polar surface area (TPSA) is 29.5 Å².